The highest BCUT2D eigenvalue weighted by Crippen LogP contribution is 2.27. The average molecular weight is 511 g/mol. The number of hydrogen-bond acceptors (Lipinski definition) is 6. The van der Waals surface area contributed by atoms with Crippen LogP contribution in [0.15, 0.2) is 15.7 Å². The molecular weight excluding hydrogens is 460 g/mol. The molecule has 2 rings (SSSR count). The third kappa shape index (κ3) is 9.43. The topological polar surface area (TPSA) is 114 Å². The SMILES string of the molecule is CCCCCCCCCCCCCCCCCCn1c(C)cc(=O)n([C@@H]2O[C@H](CO)[C@@H](O)[C@H]2O)c1=O. The lowest BCUT2D eigenvalue weighted by Crippen LogP contribution is -2.46. The number of hydrogen-bond donors (Lipinski definition) is 3. The highest BCUT2D eigenvalue weighted by Gasteiger charge is 2.44. The fraction of sp³-hybridized carbons (Fsp3) is 0.857. The predicted molar refractivity (Wildman–Crippen MR) is 142 cm³/mol. The molecular formula is C28H50N2O6. The Bertz CT molecular complexity index is 851. The molecule has 1 aromatic heterocycles. The van der Waals surface area contributed by atoms with Gasteiger partial charge in [-0.1, -0.05) is 103 Å². The van der Waals surface area contributed by atoms with Crippen LogP contribution in [-0.4, -0.2) is 49.4 Å². The van der Waals surface area contributed by atoms with Crippen molar-refractivity contribution in [3.05, 3.63) is 32.6 Å². The van der Waals surface area contributed by atoms with Gasteiger partial charge in [0.2, 0.25) is 0 Å². The van der Waals surface area contributed by atoms with E-state index in [-0.39, 0.29) is 0 Å². The highest BCUT2D eigenvalue weighted by atomic mass is 16.6. The molecule has 0 amide bonds. The minimum absolute atomic E-state index is 0.484. The number of aromatic nitrogens is 2. The number of nitrogens with zero attached hydrogens (tertiary/aromatic N) is 2. The van der Waals surface area contributed by atoms with Crippen molar-refractivity contribution in [1.29, 1.82) is 0 Å². The molecule has 0 saturated carbocycles. The quantitative estimate of drug-likeness (QED) is 0.241. The van der Waals surface area contributed by atoms with Gasteiger partial charge in [-0.05, 0) is 13.3 Å². The molecule has 1 fully saturated rings. The number of aliphatic hydroxyl groups is 3. The molecule has 1 saturated heterocycles. The van der Waals surface area contributed by atoms with E-state index >= 15 is 0 Å². The minimum Gasteiger partial charge on any atom is -0.394 e. The number of aryl methyl sites for hydroxylation is 1. The molecule has 0 unspecified atom stereocenters. The van der Waals surface area contributed by atoms with E-state index in [1.54, 1.807) is 6.92 Å². The Morgan fingerprint density at radius 2 is 1.25 bits per heavy atom. The first-order valence-corrected chi connectivity index (χ1v) is 14.4. The van der Waals surface area contributed by atoms with E-state index in [0.717, 1.165) is 23.8 Å². The van der Waals surface area contributed by atoms with Gasteiger partial charge in [-0.25, -0.2) is 9.36 Å². The summed E-state index contributed by atoms with van der Waals surface area (Å²) in [6, 6.07) is 1.35. The average Bonchev–Trinajstić information content (AvgIpc) is 3.13. The smallest absolute Gasteiger partial charge is 0.333 e. The lowest BCUT2D eigenvalue weighted by atomic mass is 10.0. The predicted octanol–water partition coefficient (Wildman–Crippen LogP) is 4.19. The molecule has 1 aliphatic heterocycles. The van der Waals surface area contributed by atoms with Crippen LogP contribution in [0.3, 0.4) is 0 Å². The van der Waals surface area contributed by atoms with Crippen LogP contribution in [0, 0.1) is 6.92 Å². The Hall–Kier alpha value is -1.48. The van der Waals surface area contributed by atoms with Crippen molar-refractivity contribution in [2.75, 3.05) is 6.61 Å². The van der Waals surface area contributed by atoms with Crippen molar-refractivity contribution in [2.24, 2.45) is 0 Å². The molecule has 0 aromatic carbocycles. The molecule has 8 heteroatoms. The molecule has 36 heavy (non-hydrogen) atoms. The van der Waals surface area contributed by atoms with Crippen LogP contribution < -0.4 is 11.2 Å². The van der Waals surface area contributed by atoms with Gasteiger partial charge in [0.1, 0.15) is 18.3 Å². The zero-order valence-corrected chi connectivity index (χ0v) is 22.6. The normalized spacial score (nSPS) is 21.9. The van der Waals surface area contributed by atoms with E-state index in [1.165, 1.54) is 94.1 Å². The first-order valence-electron chi connectivity index (χ1n) is 14.4. The molecule has 208 valence electrons. The molecule has 0 aliphatic carbocycles. The molecule has 1 aliphatic rings. The molecule has 1 aromatic rings. The fourth-order valence-corrected chi connectivity index (χ4v) is 5.12. The Morgan fingerprint density at radius 1 is 0.778 bits per heavy atom. The molecule has 0 radical (unpaired) electrons. The maximum atomic E-state index is 13.0. The van der Waals surface area contributed by atoms with Crippen LogP contribution in [0.5, 0.6) is 0 Å². The minimum atomic E-state index is -1.46. The fourth-order valence-electron chi connectivity index (χ4n) is 5.12. The molecule has 4 atom stereocenters. The second-order valence-corrected chi connectivity index (χ2v) is 10.5. The van der Waals surface area contributed by atoms with Crippen molar-refractivity contribution < 1.29 is 20.1 Å². The number of unbranched alkanes of at least 4 members (excludes halogenated alkanes) is 15. The summed E-state index contributed by atoms with van der Waals surface area (Å²) in [5.41, 5.74) is -0.583. The lowest BCUT2D eigenvalue weighted by Gasteiger charge is -2.19. The van der Waals surface area contributed by atoms with E-state index in [4.69, 9.17) is 4.74 Å². The maximum absolute atomic E-state index is 13.0. The zero-order chi connectivity index (χ0) is 26.3. The van der Waals surface area contributed by atoms with Gasteiger partial charge in [0, 0.05) is 18.3 Å². The second kappa shape index (κ2) is 17.1. The summed E-state index contributed by atoms with van der Waals surface area (Å²) in [5, 5.41) is 29.5. The van der Waals surface area contributed by atoms with Crippen LogP contribution in [0.4, 0.5) is 0 Å². The summed E-state index contributed by atoms with van der Waals surface area (Å²) >= 11 is 0. The Morgan fingerprint density at radius 3 is 1.69 bits per heavy atom. The summed E-state index contributed by atoms with van der Waals surface area (Å²) in [4.78, 5) is 25.5. The van der Waals surface area contributed by atoms with Crippen molar-refractivity contribution in [2.45, 2.75) is 148 Å². The van der Waals surface area contributed by atoms with E-state index in [2.05, 4.69) is 6.92 Å². The van der Waals surface area contributed by atoms with Crippen LogP contribution in [0.25, 0.3) is 0 Å². The summed E-state index contributed by atoms with van der Waals surface area (Å²) in [6.07, 6.45) is 15.3. The number of rotatable bonds is 19. The first-order chi connectivity index (χ1) is 17.4. The molecule has 3 N–H and O–H groups in total. The molecule has 2 heterocycles. The van der Waals surface area contributed by atoms with Crippen molar-refractivity contribution in [1.82, 2.24) is 9.13 Å². The largest absolute Gasteiger partial charge is 0.394 e. The van der Waals surface area contributed by atoms with Crippen molar-refractivity contribution >= 4 is 0 Å². The van der Waals surface area contributed by atoms with Crippen molar-refractivity contribution in [3.63, 3.8) is 0 Å². The van der Waals surface area contributed by atoms with Crippen LogP contribution in [0.2, 0.25) is 0 Å². The van der Waals surface area contributed by atoms with Gasteiger partial charge in [-0.3, -0.25) is 9.36 Å². The van der Waals surface area contributed by atoms with Crippen molar-refractivity contribution in [3.8, 4) is 0 Å². The number of aliphatic hydroxyl groups excluding tert-OH is 3. The molecule has 0 bridgehead atoms. The van der Waals surface area contributed by atoms with Gasteiger partial charge < -0.3 is 20.1 Å². The Kier molecular flexibility index (Phi) is 14.6. The standard InChI is InChI=1S/C28H50N2O6/c1-3-4-5-6-7-8-9-10-11-12-13-14-15-16-17-18-19-29-22(2)20-24(32)30(28(29)35)27-26(34)25(33)23(21-31)36-27/h20,23,25-27,31,33-34H,3-19,21H2,1-2H3/t23-,25-,26-,27-/m1/s1. The zero-order valence-electron chi connectivity index (χ0n) is 22.6. The Labute approximate surface area is 216 Å². The van der Waals surface area contributed by atoms with Gasteiger partial charge in [0.15, 0.2) is 6.23 Å². The van der Waals surface area contributed by atoms with Crippen LogP contribution >= 0.6 is 0 Å². The maximum Gasteiger partial charge on any atom is 0.333 e. The lowest BCUT2D eigenvalue weighted by molar-refractivity contribution is -0.0571. The van der Waals surface area contributed by atoms with Gasteiger partial charge in [0.25, 0.3) is 5.56 Å². The van der Waals surface area contributed by atoms with Crippen LogP contribution in [-0.2, 0) is 11.3 Å². The van der Waals surface area contributed by atoms with E-state index in [0.29, 0.717) is 12.2 Å². The number of ether oxygens (including phenoxy) is 1. The van der Waals surface area contributed by atoms with Gasteiger partial charge in [0.05, 0.1) is 6.61 Å². The molecule has 8 nitrogen and oxygen atoms in total. The Balaban J connectivity index is 1.63. The van der Waals surface area contributed by atoms with E-state index in [9.17, 15) is 24.9 Å². The van der Waals surface area contributed by atoms with Gasteiger partial charge in [-0.2, -0.15) is 0 Å². The summed E-state index contributed by atoms with van der Waals surface area (Å²) in [6.45, 7) is 3.95. The van der Waals surface area contributed by atoms with Crippen LogP contribution in [0.1, 0.15) is 122 Å². The third-order valence-corrected chi connectivity index (χ3v) is 7.44. The monoisotopic (exact) mass is 510 g/mol. The highest BCUT2D eigenvalue weighted by molar-refractivity contribution is 5.02. The second-order valence-electron chi connectivity index (χ2n) is 10.5. The van der Waals surface area contributed by atoms with Gasteiger partial charge in [-0.15, -0.1) is 0 Å². The van der Waals surface area contributed by atoms with E-state index in [1.807, 2.05) is 0 Å². The van der Waals surface area contributed by atoms with E-state index < -0.39 is 42.4 Å². The first kappa shape index (κ1) is 30.7. The van der Waals surface area contributed by atoms with Gasteiger partial charge >= 0.3 is 5.69 Å². The molecule has 0 spiro atoms. The summed E-state index contributed by atoms with van der Waals surface area (Å²) < 4.78 is 7.79. The summed E-state index contributed by atoms with van der Waals surface area (Å²) in [5.74, 6) is 0. The summed E-state index contributed by atoms with van der Waals surface area (Å²) in [7, 11) is 0. The third-order valence-electron chi connectivity index (χ3n) is 7.44.